The predicted octanol–water partition coefficient (Wildman–Crippen LogP) is 2.32. The Morgan fingerprint density at radius 3 is 2.70 bits per heavy atom. The van der Waals surface area contributed by atoms with E-state index in [2.05, 4.69) is 4.74 Å². The molecule has 1 aromatic rings. The summed E-state index contributed by atoms with van der Waals surface area (Å²) in [5.74, 6) is -0.648. The van der Waals surface area contributed by atoms with E-state index < -0.39 is 24.0 Å². The third-order valence-electron chi connectivity index (χ3n) is 2.91. The molecule has 0 unspecified atom stereocenters. The first-order valence-electron chi connectivity index (χ1n) is 6.21. The van der Waals surface area contributed by atoms with E-state index in [-0.39, 0.29) is 11.3 Å². The fraction of sp³-hybridized carbons (Fsp3) is 0.333. The number of phenolic OH excluding ortho intramolecular Hbond substituents is 1. The second-order valence-electron chi connectivity index (χ2n) is 5.12. The molecule has 106 valence electrons. The second kappa shape index (κ2) is 5.00. The van der Waals surface area contributed by atoms with Gasteiger partial charge in [-0.15, -0.1) is 0 Å². The highest BCUT2D eigenvalue weighted by molar-refractivity contribution is 6.01. The van der Waals surface area contributed by atoms with Crippen LogP contribution in [0.2, 0.25) is 0 Å². The molecule has 0 bridgehead atoms. The van der Waals surface area contributed by atoms with Crippen molar-refractivity contribution in [3.63, 3.8) is 0 Å². The summed E-state index contributed by atoms with van der Waals surface area (Å²) in [5.41, 5.74) is 0.110. The Bertz CT molecular complexity index is 599. The summed E-state index contributed by atoms with van der Waals surface area (Å²) < 4.78 is 10.3. The molecule has 0 fully saturated rings. The Morgan fingerprint density at radius 2 is 2.05 bits per heavy atom. The summed E-state index contributed by atoms with van der Waals surface area (Å²) in [7, 11) is 0. The Balaban J connectivity index is 2.31. The molecule has 1 aliphatic rings. The van der Waals surface area contributed by atoms with Gasteiger partial charge in [-0.3, -0.25) is 9.59 Å². The van der Waals surface area contributed by atoms with Crippen molar-refractivity contribution in [3.05, 3.63) is 29.3 Å². The normalized spacial score (nSPS) is 15.2. The van der Waals surface area contributed by atoms with Crippen LogP contribution in [0.25, 0.3) is 6.08 Å². The van der Waals surface area contributed by atoms with Crippen molar-refractivity contribution in [1.29, 1.82) is 0 Å². The minimum absolute atomic E-state index is 0.109. The van der Waals surface area contributed by atoms with E-state index in [0.29, 0.717) is 11.3 Å². The number of ether oxygens (including phenoxy) is 2. The smallest absolute Gasteiger partial charge is 0.303 e. The van der Waals surface area contributed by atoms with E-state index >= 15 is 0 Å². The molecule has 0 saturated heterocycles. The first-order chi connectivity index (χ1) is 9.30. The zero-order chi connectivity index (χ0) is 14.9. The van der Waals surface area contributed by atoms with Crippen molar-refractivity contribution in [2.45, 2.75) is 26.4 Å². The van der Waals surface area contributed by atoms with Crippen molar-refractivity contribution in [2.75, 3.05) is 6.61 Å². The summed E-state index contributed by atoms with van der Waals surface area (Å²) >= 11 is 0. The van der Waals surface area contributed by atoms with E-state index in [4.69, 9.17) is 4.74 Å². The molecule has 5 heteroatoms. The molecule has 1 aliphatic heterocycles. The van der Waals surface area contributed by atoms with Crippen molar-refractivity contribution < 1.29 is 24.2 Å². The fourth-order valence-electron chi connectivity index (χ4n) is 1.91. The zero-order valence-electron chi connectivity index (χ0n) is 11.6. The minimum Gasteiger partial charge on any atom is -0.506 e. The van der Waals surface area contributed by atoms with Crippen LogP contribution in [0.4, 0.5) is 0 Å². The lowest BCUT2D eigenvalue weighted by Crippen LogP contribution is -2.27. The molecule has 0 aliphatic carbocycles. The molecule has 1 heterocycles. The number of ketones is 1. The molecule has 20 heavy (non-hydrogen) atoms. The lowest BCUT2D eigenvalue weighted by molar-refractivity contribution is -0.139. The monoisotopic (exact) mass is 276 g/mol. The van der Waals surface area contributed by atoms with Gasteiger partial charge in [-0.05, 0) is 38.1 Å². The average molecular weight is 276 g/mol. The number of benzene rings is 1. The van der Waals surface area contributed by atoms with Gasteiger partial charge < -0.3 is 14.6 Å². The Hall–Kier alpha value is -2.30. The highest BCUT2D eigenvalue weighted by atomic mass is 16.5. The van der Waals surface area contributed by atoms with Gasteiger partial charge in [0.15, 0.2) is 6.61 Å². The second-order valence-corrected chi connectivity index (χ2v) is 5.12. The number of hydrogen-bond donors (Lipinski definition) is 1. The van der Waals surface area contributed by atoms with E-state index in [0.717, 1.165) is 0 Å². The summed E-state index contributed by atoms with van der Waals surface area (Å²) in [6, 6.07) is 3.09. The van der Waals surface area contributed by atoms with Crippen molar-refractivity contribution in [3.8, 4) is 11.5 Å². The molecule has 5 nitrogen and oxygen atoms in total. The summed E-state index contributed by atoms with van der Waals surface area (Å²) in [6.07, 6.45) is 3.52. The number of carbonyl (C=O) groups excluding carboxylic acids is 2. The van der Waals surface area contributed by atoms with Gasteiger partial charge in [0, 0.05) is 6.92 Å². The number of carbonyl (C=O) groups is 2. The van der Waals surface area contributed by atoms with Crippen LogP contribution in [0.3, 0.4) is 0 Å². The van der Waals surface area contributed by atoms with Crippen LogP contribution in [-0.4, -0.2) is 29.1 Å². The number of fused-ring (bicyclic) bond motifs is 1. The van der Waals surface area contributed by atoms with Crippen LogP contribution < -0.4 is 4.74 Å². The van der Waals surface area contributed by atoms with Crippen molar-refractivity contribution in [2.24, 2.45) is 0 Å². The van der Waals surface area contributed by atoms with Crippen LogP contribution in [-0.2, 0) is 9.53 Å². The maximum atomic E-state index is 11.9. The molecule has 1 aromatic carbocycles. The molecule has 1 N–H and O–H groups in total. The molecular formula is C15H16O5. The number of aromatic hydroxyl groups is 1. The van der Waals surface area contributed by atoms with Gasteiger partial charge in [-0.25, -0.2) is 0 Å². The first kappa shape index (κ1) is 14.1. The number of Topliss-reactive ketones (excluding diaryl/α,β-unsaturated/α-hetero) is 1. The molecular weight excluding hydrogens is 260 g/mol. The van der Waals surface area contributed by atoms with E-state index in [1.165, 1.54) is 13.0 Å². The Kier molecular flexibility index (Phi) is 3.53. The number of hydrogen-bond acceptors (Lipinski definition) is 5. The predicted molar refractivity (Wildman–Crippen MR) is 72.8 cm³/mol. The Labute approximate surface area is 116 Å². The highest BCUT2D eigenvalue weighted by Crippen LogP contribution is 2.38. The SMILES string of the molecule is CC(=O)OCC(=O)c1ccc2c(c1O)C=CC(C)(C)O2. The summed E-state index contributed by atoms with van der Waals surface area (Å²) in [4.78, 5) is 22.6. The van der Waals surface area contributed by atoms with Gasteiger partial charge in [-0.1, -0.05) is 0 Å². The molecule has 0 amide bonds. The van der Waals surface area contributed by atoms with Gasteiger partial charge >= 0.3 is 5.97 Å². The third kappa shape index (κ3) is 2.82. The third-order valence-corrected chi connectivity index (χ3v) is 2.91. The highest BCUT2D eigenvalue weighted by Gasteiger charge is 2.25. The maximum Gasteiger partial charge on any atom is 0.303 e. The molecule has 2 rings (SSSR count). The van der Waals surface area contributed by atoms with Gasteiger partial charge in [0.1, 0.15) is 17.1 Å². The van der Waals surface area contributed by atoms with Gasteiger partial charge in [0.05, 0.1) is 11.1 Å². The standard InChI is InChI=1S/C15H16O5/c1-9(16)19-8-12(17)10-4-5-13-11(14(10)18)6-7-15(2,3)20-13/h4-7,18H,8H2,1-3H3. The average Bonchev–Trinajstić information content (AvgIpc) is 2.35. The van der Waals surface area contributed by atoms with Crippen LogP contribution >= 0.6 is 0 Å². The lowest BCUT2D eigenvalue weighted by atomic mass is 9.98. The van der Waals surface area contributed by atoms with Gasteiger partial charge in [0.25, 0.3) is 0 Å². The minimum atomic E-state index is -0.541. The molecule has 0 aromatic heterocycles. The van der Waals surface area contributed by atoms with Crippen molar-refractivity contribution in [1.82, 2.24) is 0 Å². The lowest BCUT2D eigenvalue weighted by Gasteiger charge is -2.28. The molecule has 0 radical (unpaired) electrons. The van der Waals surface area contributed by atoms with Crippen LogP contribution in [0.15, 0.2) is 18.2 Å². The van der Waals surface area contributed by atoms with Crippen LogP contribution in [0.1, 0.15) is 36.7 Å². The Morgan fingerprint density at radius 1 is 1.35 bits per heavy atom. The zero-order valence-corrected chi connectivity index (χ0v) is 11.6. The van der Waals surface area contributed by atoms with Crippen LogP contribution in [0, 0.1) is 0 Å². The van der Waals surface area contributed by atoms with E-state index in [9.17, 15) is 14.7 Å². The molecule has 0 spiro atoms. The van der Waals surface area contributed by atoms with Gasteiger partial charge in [-0.2, -0.15) is 0 Å². The molecule has 0 atom stereocenters. The topological polar surface area (TPSA) is 72.8 Å². The van der Waals surface area contributed by atoms with E-state index in [1.54, 1.807) is 18.2 Å². The maximum absolute atomic E-state index is 11.9. The van der Waals surface area contributed by atoms with Gasteiger partial charge in [0.2, 0.25) is 5.78 Å². The summed E-state index contributed by atoms with van der Waals surface area (Å²) in [5, 5.41) is 10.1. The number of rotatable bonds is 3. The molecule has 0 saturated carbocycles. The number of esters is 1. The quantitative estimate of drug-likeness (QED) is 0.677. The van der Waals surface area contributed by atoms with Crippen LogP contribution in [0.5, 0.6) is 11.5 Å². The largest absolute Gasteiger partial charge is 0.506 e. The fourth-order valence-corrected chi connectivity index (χ4v) is 1.91. The first-order valence-corrected chi connectivity index (χ1v) is 6.21. The van der Waals surface area contributed by atoms with Crippen molar-refractivity contribution >= 4 is 17.8 Å². The summed E-state index contributed by atoms with van der Waals surface area (Å²) in [6.45, 7) is 4.61. The van der Waals surface area contributed by atoms with E-state index in [1.807, 2.05) is 13.8 Å². The number of phenols is 1.